The number of piperidine rings is 3. The Kier molecular flexibility index (Phi) is 15.9. The average Bonchev–Trinajstić information content (AvgIpc) is 3.41. The number of ether oxygens (including phenoxy) is 3. The van der Waals surface area contributed by atoms with Crippen LogP contribution in [0, 0.1) is 5.92 Å². The average molecular weight is 991 g/mol. The summed E-state index contributed by atoms with van der Waals surface area (Å²) in [6.07, 6.45) is 0.624. The molecule has 1 aromatic heterocycles. The van der Waals surface area contributed by atoms with Crippen LogP contribution in [0.2, 0.25) is 5.02 Å². The molecule has 2 bridgehead atoms. The number of esters is 1. The fourth-order valence-corrected chi connectivity index (χ4v) is 9.51. The van der Waals surface area contributed by atoms with Crippen LogP contribution in [-0.4, -0.2) is 88.4 Å². The number of fused-ring (bicyclic) bond motifs is 4. The molecule has 3 aliphatic heterocycles. The zero-order valence-corrected chi connectivity index (χ0v) is 40.3. The number of H-pyrrole nitrogens is 1. The van der Waals surface area contributed by atoms with Crippen molar-refractivity contribution in [2.75, 3.05) is 39.3 Å². The molecular weight excluding hydrogens is 934 g/mol. The molecule has 3 aliphatic rings. The van der Waals surface area contributed by atoms with Gasteiger partial charge in [0.25, 0.3) is 5.91 Å². The number of phenolic OH excluding ortho intramolecular Hbond substituents is 1. The fourth-order valence-electron chi connectivity index (χ4n) is 9.38. The Balaban J connectivity index is 0.772. The molecule has 3 fully saturated rings. The standard InChI is InChI=1S/C57H56ClN5O9/c58-45-19-13-38(14-20-45)34-63(55(67)42-15-9-37(10-16-42)32-59-33-50(65)47-21-23-49(64)54-48(47)22-24-52(66)60-54)29-30-70-56(68)43-17-11-39(12-18-43)36-71-46-8-4-7-44(31-46)53(41-5-2-1-3-6-41)61-57(69)72-51-35-62-27-25-40(51)26-28-62/h1-24,31,40,50-51,53,59,64-65H,25-30,32-36H2,(H,60,66)(H,61,69)/t50-,51-,53-/m0/s1. The van der Waals surface area contributed by atoms with Crippen molar-refractivity contribution in [2.24, 2.45) is 5.92 Å². The molecule has 0 spiro atoms. The zero-order valence-electron chi connectivity index (χ0n) is 39.5. The lowest BCUT2D eigenvalue weighted by Gasteiger charge is -2.43. The van der Waals surface area contributed by atoms with Gasteiger partial charge in [-0.15, -0.1) is 0 Å². The van der Waals surface area contributed by atoms with E-state index < -0.39 is 24.2 Å². The summed E-state index contributed by atoms with van der Waals surface area (Å²) in [7, 11) is 0. The number of alkyl carbamates (subject to hydrolysis) is 1. The van der Waals surface area contributed by atoms with E-state index in [9.17, 15) is 29.4 Å². The highest BCUT2D eigenvalue weighted by Gasteiger charge is 2.37. The topological polar surface area (TPSA) is 183 Å². The highest BCUT2D eigenvalue weighted by molar-refractivity contribution is 6.30. The van der Waals surface area contributed by atoms with E-state index in [1.54, 1.807) is 65.6 Å². The van der Waals surface area contributed by atoms with Crippen LogP contribution >= 0.6 is 11.6 Å². The molecule has 0 aliphatic carbocycles. The molecule has 6 aromatic carbocycles. The Morgan fingerprint density at radius 3 is 2.24 bits per heavy atom. The number of rotatable bonds is 19. The van der Waals surface area contributed by atoms with E-state index in [0.29, 0.717) is 45.3 Å². The second-order valence-corrected chi connectivity index (χ2v) is 18.7. The van der Waals surface area contributed by atoms with Crippen molar-refractivity contribution >= 4 is 40.5 Å². The summed E-state index contributed by atoms with van der Waals surface area (Å²) in [5, 5.41) is 28.6. The normalized spacial score (nSPS) is 16.9. The molecule has 0 unspecified atom stereocenters. The first kappa shape index (κ1) is 49.5. The maximum atomic E-state index is 14.0. The SMILES string of the molecule is O=C(N[C@@H](c1ccccc1)c1cccc(OCc2ccc(C(=O)OCCN(Cc3ccc(Cl)cc3)C(=O)c3ccc(CNC[C@H](O)c4ccc(O)c5[nH]c(=O)ccc45)cc3)cc2)c1)O[C@H]1CN2CCC1CC2. The van der Waals surface area contributed by atoms with Crippen LogP contribution in [-0.2, 0) is 29.2 Å². The molecular formula is C57H56ClN5O9. The molecule has 72 heavy (non-hydrogen) atoms. The molecule has 3 saturated heterocycles. The van der Waals surface area contributed by atoms with Gasteiger partial charge in [-0.1, -0.05) is 96.5 Å². The maximum Gasteiger partial charge on any atom is 0.408 e. The van der Waals surface area contributed by atoms with Crippen molar-refractivity contribution in [3.8, 4) is 11.5 Å². The van der Waals surface area contributed by atoms with Crippen molar-refractivity contribution in [3.05, 3.63) is 212 Å². The Morgan fingerprint density at radius 1 is 0.792 bits per heavy atom. The van der Waals surface area contributed by atoms with Crippen LogP contribution in [0.4, 0.5) is 4.79 Å². The summed E-state index contributed by atoms with van der Waals surface area (Å²) in [6.45, 7) is 4.05. The number of amides is 2. The third kappa shape index (κ3) is 12.5. The molecule has 370 valence electrons. The number of aliphatic hydroxyl groups excluding tert-OH is 1. The molecule has 2 amide bonds. The molecule has 4 heterocycles. The fraction of sp³-hybridized carbons (Fsp3) is 0.263. The summed E-state index contributed by atoms with van der Waals surface area (Å²) in [5.41, 5.74) is 5.58. The van der Waals surface area contributed by atoms with Gasteiger partial charge in [0.2, 0.25) is 5.56 Å². The second-order valence-electron chi connectivity index (χ2n) is 18.2. The van der Waals surface area contributed by atoms with Crippen molar-refractivity contribution in [1.29, 1.82) is 0 Å². The Morgan fingerprint density at radius 2 is 1.50 bits per heavy atom. The van der Waals surface area contributed by atoms with E-state index in [0.717, 1.165) is 60.3 Å². The number of aromatic hydroxyl groups is 1. The molecule has 0 radical (unpaired) electrons. The van der Waals surface area contributed by atoms with Gasteiger partial charge in [0.05, 0.1) is 29.8 Å². The van der Waals surface area contributed by atoms with Crippen molar-refractivity contribution in [1.82, 2.24) is 25.4 Å². The summed E-state index contributed by atoms with van der Waals surface area (Å²) >= 11 is 6.15. The molecule has 15 heteroatoms. The van der Waals surface area contributed by atoms with E-state index in [2.05, 4.69) is 20.5 Å². The first-order valence-electron chi connectivity index (χ1n) is 24.1. The van der Waals surface area contributed by atoms with E-state index in [1.807, 2.05) is 78.9 Å². The number of aliphatic hydroxyl groups is 1. The van der Waals surface area contributed by atoms with Gasteiger partial charge in [0.1, 0.15) is 30.8 Å². The van der Waals surface area contributed by atoms with Crippen LogP contribution in [0.3, 0.4) is 0 Å². The minimum Gasteiger partial charge on any atom is -0.506 e. The Hall–Kier alpha value is -7.49. The van der Waals surface area contributed by atoms with E-state index >= 15 is 0 Å². The van der Waals surface area contributed by atoms with Crippen LogP contribution in [0.25, 0.3) is 10.9 Å². The summed E-state index contributed by atoms with van der Waals surface area (Å²) < 4.78 is 17.9. The van der Waals surface area contributed by atoms with E-state index in [4.69, 9.17) is 25.8 Å². The predicted molar refractivity (Wildman–Crippen MR) is 274 cm³/mol. The lowest BCUT2D eigenvalue weighted by Crippen LogP contribution is -2.52. The minimum absolute atomic E-state index is 0.0493. The number of nitrogens with zero attached hydrogens (tertiary/aromatic N) is 2. The lowest BCUT2D eigenvalue weighted by molar-refractivity contribution is -0.0336. The van der Waals surface area contributed by atoms with Crippen LogP contribution in [0.15, 0.2) is 156 Å². The van der Waals surface area contributed by atoms with Gasteiger partial charge in [0, 0.05) is 48.2 Å². The first-order valence-corrected chi connectivity index (χ1v) is 24.5. The van der Waals surface area contributed by atoms with Crippen molar-refractivity contribution in [2.45, 2.75) is 50.8 Å². The molecule has 0 saturated carbocycles. The van der Waals surface area contributed by atoms with Crippen LogP contribution in [0.1, 0.15) is 79.1 Å². The van der Waals surface area contributed by atoms with E-state index in [-0.39, 0.29) is 61.7 Å². The number of aromatic amines is 1. The van der Waals surface area contributed by atoms with Crippen LogP contribution in [0.5, 0.6) is 11.5 Å². The Bertz CT molecular complexity index is 3040. The number of phenols is 1. The van der Waals surface area contributed by atoms with Gasteiger partial charge in [0.15, 0.2) is 0 Å². The number of carbonyl (C=O) groups excluding carboxylic acids is 3. The Labute approximate surface area is 422 Å². The minimum atomic E-state index is -0.923. The van der Waals surface area contributed by atoms with Gasteiger partial charge < -0.3 is 44.9 Å². The summed E-state index contributed by atoms with van der Waals surface area (Å²) in [5.74, 6) is 0.148. The highest BCUT2D eigenvalue weighted by atomic mass is 35.5. The van der Waals surface area contributed by atoms with Crippen molar-refractivity contribution in [3.63, 3.8) is 0 Å². The zero-order chi connectivity index (χ0) is 50.0. The van der Waals surface area contributed by atoms with Gasteiger partial charge in [-0.05, 0) is 126 Å². The largest absolute Gasteiger partial charge is 0.506 e. The predicted octanol–water partition coefficient (Wildman–Crippen LogP) is 8.70. The van der Waals surface area contributed by atoms with Gasteiger partial charge >= 0.3 is 12.1 Å². The number of hydrogen-bond donors (Lipinski definition) is 5. The highest BCUT2D eigenvalue weighted by Crippen LogP contribution is 2.32. The molecule has 5 N–H and O–H groups in total. The van der Waals surface area contributed by atoms with Gasteiger partial charge in [-0.25, -0.2) is 9.59 Å². The molecule has 14 nitrogen and oxygen atoms in total. The smallest absolute Gasteiger partial charge is 0.408 e. The monoisotopic (exact) mass is 989 g/mol. The number of hydrogen-bond acceptors (Lipinski definition) is 11. The van der Waals surface area contributed by atoms with Gasteiger partial charge in [-0.2, -0.15) is 0 Å². The second kappa shape index (κ2) is 23.2. The van der Waals surface area contributed by atoms with E-state index in [1.165, 1.54) is 12.1 Å². The summed E-state index contributed by atoms with van der Waals surface area (Å²) in [4.78, 5) is 59.0. The van der Waals surface area contributed by atoms with Crippen LogP contribution < -0.4 is 20.9 Å². The summed E-state index contributed by atoms with van der Waals surface area (Å²) in [6, 6.07) is 44.2. The number of carbonyl (C=O) groups is 3. The third-order valence-electron chi connectivity index (χ3n) is 13.3. The first-order chi connectivity index (χ1) is 35.0. The lowest BCUT2D eigenvalue weighted by atomic mass is 9.86. The number of pyridine rings is 1. The molecule has 3 atom stereocenters. The van der Waals surface area contributed by atoms with Gasteiger partial charge in [-0.3, -0.25) is 14.5 Å². The number of aromatic nitrogens is 1. The maximum absolute atomic E-state index is 14.0. The third-order valence-corrected chi connectivity index (χ3v) is 13.6. The molecule has 7 aromatic rings. The number of halogens is 1. The number of nitrogens with one attached hydrogen (secondary N) is 3. The molecule has 10 rings (SSSR count). The quantitative estimate of drug-likeness (QED) is 0.0489. The van der Waals surface area contributed by atoms with Crippen molar-refractivity contribution < 1.29 is 38.8 Å². The number of benzene rings is 6.